The SMILES string of the molecule is CC(C)=CCS(=O)(=O)O.CCCC[N+](C)(CCCC)CCCC. The van der Waals surface area contributed by atoms with Gasteiger partial charge in [-0.3, -0.25) is 4.55 Å². The molecule has 0 aliphatic heterocycles. The highest BCUT2D eigenvalue weighted by Crippen LogP contribution is 2.10. The van der Waals surface area contributed by atoms with E-state index in [0.717, 1.165) is 5.57 Å². The Hall–Kier alpha value is -0.390. The maximum Gasteiger partial charge on any atom is 0.268 e. The molecule has 0 rings (SSSR count). The summed E-state index contributed by atoms with van der Waals surface area (Å²) < 4.78 is 29.6. The molecule has 0 aromatic heterocycles. The van der Waals surface area contributed by atoms with Crippen molar-refractivity contribution >= 4 is 10.1 Å². The van der Waals surface area contributed by atoms with Gasteiger partial charge in [0.1, 0.15) is 0 Å². The third-order valence-electron chi connectivity index (χ3n) is 3.86. The highest BCUT2D eigenvalue weighted by Gasteiger charge is 2.18. The number of nitrogens with zero attached hydrogens (tertiary/aromatic N) is 1. The van der Waals surface area contributed by atoms with E-state index in [-0.39, 0.29) is 5.75 Å². The fourth-order valence-corrected chi connectivity index (χ4v) is 2.77. The zero-order chi connectivity index (χ0) is 18.4. The third kappa shape index (κ3) is 19.6. The number of hydrogen-bond acceptors (Lipinski definition) is 2. The molecule has 0 aromatic rings. The molecule has 0 radical (unpaired) electrons. The second-order valence-corrected chi connectivity index (χ2v) is 8.38. The van der Waals surface area contributed by atoms with Crippen LogP contribution in [0.25, 0.3) is 0 Å². The van der Waals surface area contributed by atoms with E-state index in [1.54, 1.807) is 13.8 Å². The molecule has 0 aliphatic rings. The molecular weight excluding hydrogens is 310 g/mol. The van der Waals surface area contributed by atoms with Gasteiger partial charge in [-0.2, -0.15) is 8.42 Å². The Morgan fingerprint density at radius 3 is 1.43 bits per heavy atom. The van der Waals surface area contributed by atoms with Crippen LogP contribution in [0.2, 0.25) is 0 Å². The van der Waals surface area contributed by atoms with E-state index in [4.69, 9.17) is 4.55 Å². The third-order valence-corrected chi connectivity index (χ3v) is 4.44. The van der Waals surface area contributed by atoms with Crippen LogP contribution >= 0.6 is 0 Å². The summed E-state index contributed by atoms with van der Waals surface area (Å²) in [6, 6.07) is 0. The number of allylic oxidation sites excluding steroid dienone is 1. The minimum atomic E-state index is -3.80. The normalized spacial score (nSPS) is 11.6. The predicted molar refractivity (Wildman–Crippen MR) is 101 cm³/mol. The van der Waals surface area contributed by atoms with E-state index in [1.807, 2.05) is 0 Å². The van der Waals surface area contributed by atoms with Crippen molar-refractivity contribution in [3.8, 4) is 0 Å². The first-order valence-electron chi connectivity index (χ1n) is 9.02. The van der Waals surface area contributed by atoms with Crippen LogP contribution in [0, 0.1) is 0 Å². The van der Waals surface area contributed by atoms with Crippen LogP contribution in [0.5, 0.6) is 0 Å². The van der Waals surface area contributed by atoms with Gasteiger partial charge in [-0.1, -0.05) is 51.7 Å². The number of hydrogen-bond donors (Lipinski definition) is 1. The lowest BCUT2D eigenvalue weighted by atomic mass is 10.2. The molecule has 0 aliphatic carbocycles. The monoisotopic (exact) mass is 350 g/mol. The number of rotatable bonds is 11. The summed E-state index contributed by atoms with van der Waals surface area (Å²) in [4.78, 5) is 0. The molecule has 0 atom stereocenters. The quantitative estimate of drug-likeness (QED) is 0.334. The lowest BCUT2D eigenvalue weighted by molar-refractivity contribution is -0.910. The second-order valence-electron chi connectivity index (χ2n) is 6.88. The lowest BCUT2D eigenvalue weighted by Gasteiger charge is -2.34. The van der Waals surface area contributed by atoms with Crippen molar-refractivity contribution in [2.24, 2.45) is 0 Å². The first-order valence-corrected chi connectivity index (χ1v) is 10.6. The molecule has 0 saturated carbocycles. The van der Waals surface area contributed by atoms with Crippen molar-refractivity contribution in [1.29, 1.82) is 0 Å². The number of quaternary nitrogens is 1. The summed E-state index contributed by atoms with van der Waals surface area (Å²) in [5.74, 6) is -0.282. The highest BCUT2D eigenvalue weighted by atomic mass is 32.2. The Bertz CT molecular complexity index is 377. The minimum Gasteiger partial charge on any atom is -0.326 e. The first-order chi connectivity index (χ1) is 10.6. The van der Waals surface area contributed by atoms with Gasteiger partial charge in [0.25, 0.3) is 10.1 Å². The second kappa shape index (κ2) is 14.0. The van der Waals surface area contributed by atoms with E-state index >= 15 is 0 Å². The average molecular weight is 351 g/mol. The topological polar surface area (TPSA) is 54.4 Å². The Balaban J connectivity index is 0. The summed E-state index contributed by atoms with van der Waals surface area (Å²) >= 11 is 0. The van der Waals surface area contributed by atoms with Gasteiger partial charge in [0.2, 0.25) is 0 Å². The zero-order valence-corrected chi connectivity index (χ0v) is 17.1. The van der Waals surface area contributed by atoms with Gasteiger partial charge in [-0.25, -0.2) is 0 Å². The molecule has 0 unspecified atom stereocenters. The van der Waals surface area contributed by atoms with Crippen molar-refractivity contribution in [2.75, 3.05) is 32.4 Å². The maximum absolute atomic E-state index is 10.0. The van der Waals surface area contributed by atoms with E-state index < -0.39 is 10.1 Å². The summed E-state index contributed by atoms with van der Waals surface area (Å²) in [5.41, 5.74) is 0.882. The lowest BCUT2D eigenvalue weighted by Crippen LogP contribution is -2.46. The van der Waals surface area contributed by atoms with E-state index in [0.29, 0.717) is 0 Å². The summed E-state index contributed by atoms with van der Waals surface area (Å²) in [5, 5.41) is 0. The molecule has 0 bridgehead atoms. The zero-order valence-electron chi connectivity index (χ0n) is 16.3. The van der Waals surface area contributed by atoms with Crippen LogP contribution in [0.15, 0.2) is 11.6 Å². The Morgan fingerprint density at radius 2 is 1.26 bits per heavy atom. The average Bonchev–Trinajstić information content (AvgIpc) is 2.47. The molecular formula is C18H40NO3S+. The van der Waals surface area contributed by atoms with Crippen LogP contribution in [0.3, 0.4) is 0 Å². The predicted octanol–water partition coefficient (Wildman–Crippen LogP) is 4.67. The Kier molecular flexibility index (Phi) is 15.1. The fourth-order valence-electron chi connectivity index (χ4n) is 2.23. The van der Waals surface area contributed by atoms with Crippen LogP contribution in [0.4, 0.5) is 0 Å². The fraction of sp³-hybridized carbons (Fsp3) is 0.889. The molecule has 0 aromatic carbocycles. The van der Waals surface area contributed by atoms with Crippen LogP contribution < -0.4 is 0 Å². The molecule has 5 heteroatoms. The van der Waals surface area contributed by atoms with Crippen LogP contribution in [0.1, 0.15) is 73.1 Å². The smallest absolute Gasteiger partial charge is 0.268 e. The molecule has 1 N–H and O–H groups in total. The molecule has 0 spiro atoms. The van der Waals surface area contributed by atoms with E-state index in [1.165, 1.54) is 68.7 Å². The number of unbranched alkanes of at least 4 members (excludes halogenated alkanes) is 3. The summed E-state index contributed by atoms with van der Waals surface area (Å²) in [6.07, 6.45) is 9.65. The molecule has 0 saturated heterocycles. The van der Waals surface area contributed by atoms with Gasteiger partial charge >= 0.3 is 0 Å². The molecule has 0 amide bonds. The summed E-state index contributed by atoms with van der Waals surface area (Å²) in [7, 11) is -1.35. The van der Waals surface area contributed by atoms with Gasteiger partial charge in [-0.15, -0.1) is 0 Å². The highest BCUT2D eigenvalue weighted by molar-refractivity contribution is 7.85. The molecule has 0 heterocycles. The standard InChI is InChI=1S/C13H30N.C5H10O3S/c1-5-8-11-14(4,12-9-6-2)13-10-7-3;1-5(2)3-4-9(6,7)8/h5-13H2,1-4H3;3H,4H2,1-2H3,(H,6,7,8)/q+1;. The van der Waals surface area contributed by atoms with Crippen LogP contribution in [-0.4, -0.2) is 49.9 Å². The van der Waals surface area contributed by atoms with Crippen molar-refractivity contribution in [1.82, 2.24) is 0 Å². The van der Waals surface area contributed by atoms with Crippen LogP contribution in [-0.2, 0) is 10.1 Å². The van der Waals surface area contributed by atoms with Gasteiger partial charge in [0, 0.05) is 0 Å². The van der Waals surface area contributed by atoms with Crippen molar-refractivity contribution < 1.29 is 17.5 Å². The maximum atomic E-state index is 10.0. The largest absolute Gasteiger partial charge is 0.326 e. The molecule has 0 fully saturated rings. The van der Waals surface area contributed by atoms with Gasteiger partial charge in [0.05, 0.1) is 32.4 Å². The van der Waals surface area contributed by atoms with Gasteiger partial charge in [-0.05, 0) is 33.1 Å². The van der Waals surface area contributed by atoms with Crippen molar-refractivity contribution in [3.05, 3.63) is 11.6 Å². The molecule has 4 nitrogen and oxygen atoms in total. The van der Waals surface area contributed by atoms with Gasteiger partial charge in [0.15, 0.2) is 0 Å². The van der Waals surface area contributed by atoms with Gasteiger partial charge < -0.3 is 4.48 Å². The van der Waals surface area contributed by atoms with Crippen molar-refractivity contribution in [2.45, 2.75) is 73.1 Å². The Labute approximate surface area is 145 Å². The van der Waals surface area contributed by atoms with E-state index in [9.17, 15) is 8.42 Å². The summed E-state index contributed by atoms with van der Waals surface area (Å²) in [6.45, 7) is 14.6. The first kappa shape index (κ1) is 24.9. The van der Waals surface area contributed by atoms with Crippen molar-refractivity contribution in [3.63, 3.8) is 0 Å². The minimum absolute atomic E-state index is 0.282. The molecule has 140 valence electrons. The Morgan fingerprint density at radius 1 is 0.913 bits per heavy atom. The molecule has 23 heavy (non-hydrogen) atoms. The van der Waals surface area contributed by atoms with E-state index in [2.05, 4.69) is 27.8 Å².